The summed E-state index contributed by atoms with van der Waals surface area (Å²) in [6, 6.07) is 8.13. The van der Waals surface area contributed by atoms with Crippen molar-refractivity contribution in [2.75, 3.05) is 0 Å². The molecule has 0 unspecified atom stereocenters. The second-order valence-corrected chi connectivity index (χ2v) is 7.79. The molecule has 0 radical (unpaired) electrons. The Kier molecular flexibility index (Phi) is 5.27. The summed E-state index contributed by atoms with van der Waals surface area (Å²) < 4.78 is 1.74. The fourth-order valence-electron chi connectivity index (χ4n) is 2.54. The zero-order chi connectivity index (χ0) is 18.8. The fraction of sp³-hybridized carbons (Fsp3) is 0.368. The standard InChI is InChI=1S/C19H23N5OS/c1-11-6-8-16(9-7-11)10-20-17(25)15(5)26-19-22-18-21-13(3)12(2)14(4)24(18)23-19/h6-9,15H,10H2,1-5H3,(H,20,25)/t15-/m0/s1. The van der Waals surface area contributed by atoms with Crippen LogP contribution in [0.2, 0.25) is 0 Å². The molecule has 136 valence electrons. The van der Waals surface area contributed by atoms with Gasteiger partial charge in [0, 0.05) is 17.9 Å². The monoisotopic (exact) mass is 369 g/mol. The van der Waals surface area contributed by atoms with Crippen molar-refractivity contribution in [2.45, 2.75) is 51.6 Å². The maximum atomic E-state index is 12.4. The van der Waals surface area contributed by atoms with Crippen LogP contribution in [0.3, 0.4) is 0 Å². The van der Waals surface area contributed by atoms with Crippen LogP contribution < -0.4 is 5.32 Å². The number of carbonyl (C=O) groups excluding carboxylic acids is 1. The fourth-order valence-corrected chi connectivity index (χ4v) is 3.31. The van der Waals surface area contributed by atoms with E-state index in [2.05, 4.69) is 20.4 Å². The molecule has 1 atom stereocenters. The molecule has 0 aliphatic carbocycles. The van der Waals surface area contributed by atoms with Crippen LogP contribution in [0.15, 0.2) is 29.4 Å². The number of rotatable bonds is 5. The third-order valence-electron chi connectivity index (χ3n) is 4.48. The lowest BCUT2D eigenvalue weighted by molar-refractivity contribution is -0.120. The number of aryl methyl sites for hydroxylation is 3. The van der Waals surface area contributed by atoms with Gasteiger partial charge in [-0.25, -0.2) is 9.50 Å². The maximum absolute atomic E-state index is 12.4. The van der Waals surface area contributed by atoms with Gasteiger partial charge in [-0.2, -0.15) is 4.98 Å². The normalized spacial score (nSPS) is 12.3. The van der Waals surface area contributed by atoms with Crippen molar-refractivity contribution in [2.24, 2.45) is 0 Å². The van der Waals surface area contributed by atoms with E-state index >= 15 is 0 Å². The van der Waals surface area contributed by atoms with Crippen LogP contribution in [0.25, 0.3) is 5.78 Å². The number of thioether (sulfide) groups is 1. The Morgan fingerprint density at radius 2 is 1.85 bits per heavy atom. The molecular weight excluding hydrogens is 346 g/mol. The number of nitrogens with one attached hydrogen (secondary N) is 1. The number of hydrogen-bond donors (Lipinski definition) is 1. The Bertz CT molecular complexity index is 949. The molecule has 0 spiro atoms. The van der Waals surface area contributed by atoms with Crippen LogP contribution in [0.4, 0.5) is 0 Å². The molecule has 0 saturated carbocycles. The van der Waals surface area contributed by atoms with Crippen molar-refractivity contribution < 1.29 is 4.79 Å². The highest BCUT2D eigenvalue weighted by Crippen LogP contribution is 2.21. The van der Waals surface area contributed by atoms with E-state index in [4.69, 9.17) is 0 Å². The van der Waals surface area contributed by atoms with E-state index in [-0.39, 0.29) is 11.2 Å². The minimum atomic E-state index is -0.291. The molecular formula is C19H23N5OS. The van der Waals surface area contributed by atoms with Crippen LogP contribution in [0, 0.1) is 27.7 Å². The summed E-state index contributed by atoms with van der Waals surface area (Å²) >= 11 is 1.34. The lowest BCUT2D eigenvalue weighted by Gasteiger charge is -2.10. The Balaban J connectivity index is 1.66. The average Bonchev–Trinajstić information content (AvgIpc) is 3.01. The number of carbonyl (C=O) groups is 1. The minimum Gasteiger partial charge on any atom is -0.351 e. The summed E-state index contributed by atoms with van der Waals surface area (Å²) in [4.78, 5) is 21.3. The van der Waals surface area contributed by atoms with Crippen molar-refractivity contribution in [3.8, 4) is 0 Å². The zero-order valence-corrected chi connectivity index (χ0v) is 16.5. The lowest BCUT2D eigenvalue weighted by atomic mass is 10.1. The molecule has 0 bridgehead atoms. The highest BCUT2D eigenvalue weighted by atomic mass is 32.2. The molecule has 6 nitrogen and oxygen atoms in total. The van der Waals surface area contributed by atoms with Gasteiger partial charge >= 0.3 is 0 Å². The first-order valence-electron chi connectivity index (χ1n) is 8.55. The van der Waals surface area contributed by atoms with E-state index in [9.17, 15) is 4.79 Å². The van der Waals surface area contributed by atoms with Crippen LogP contribution >= 0.6 is 11.8 Å². The van der Waals surface area contributed by atoms with Gasteiger partial charge in [0.25, 0.3) is 5.78 Å². The summed E-state index contributed by atoms with van der Waals surface area (Å²) in [7, 11) is 0. The van der Waals surface area contributed by atoms with Crippen LogP contribution in [-0.2, 0) is 11.3 Å². The van der Waals surface area contributed by atoms with E-state index in [1.807, 2.05) is 58.9 Å². The largest absolute Gasteiger partial charge is 0.351 e. The summed E-state index contributed by atoms with van der Waals surface area (Å²) in [5.74, 6) is 0.534. The predicted octanol–water partition coefficient (Wildman–Crippen LogP) is 3.15. The minimum absolute atomic E-state index is 0.0357. The Morgan fingerprint density at radius 3 is 2.54 bits per heavy atom. The average molecular weight is 369 g/mol. The highest BCUT2D eigenvalue weighted by Gasteiger charge is 2.18. The highest BCUT2D eigenvalue weighted by molar-refractivity contribution is 8.00. The van der Waals surface area contributed by atoms with Crippen LogP contribution in [-0.4, -0.2) is 30.7 Å². The quantitative estimate of drug-likeness (QED) is 0.700. The van der Waals surface area contributed by atoms with Gasteiger partial charge in [-0.3, -0.25) is 4.79 Å². The molecule has 2 aromatic heterocycles. The molecule has 3 aromatic rings. The molecule has 0 fully saturated rings. The summed E-state index contributed by atoms with van der Waals surface area (Å²) in [6.07, 6.45) is 0. The first kappa shape index (κ1) is 18.4. The topological polar surface area (TPSA) is 72.2 Å². The first-order chi connectivity index (χ1) is 12.3. The Hall–Kier alpha value is -2.41. The number of hydrogen-bond acceptors (Lipinski definition) is 5. The maximum Gasteiger partial charge on any atom is 0.253 e. The Morgan fingerprint density at radius 1 is 1.15 bits per heavy atom. The Labute approximate surface area is 157 Å². The lowest BCUT2D eigenvalue weighted by Crippen LogP contribution is -2.30. The van der Waals surface area contributed by atoms with E-state index in [1.54, 1.807) is 4.52 Å². The van der Waals surface area contributed by atoms with E-state index in [0.29, 0.717) is 17.5 Å². The van der Waals surface area contributed by atoms with Gasteiger partial charge < -0.3 is 5.32 Å². The molecule has 0 saturated heterocycles. The summed E-state index contributed by atoms with van der Waals surface area (Å²) in [5.41, 5.74) is 5.35. The number of fused-ring (bicyclic) bond motifs is 1. The molecule has 2 heterocycles. The van der Waals surface area contributed by atoms with Crippen molar-refractivity contribution in [1.29, 1.82) is 0 Å². The summed E-state index contributed by atoms with van der Waals surface area (Å²) in [6.45, 7) is 10.4. The third-order valence-corrected chi connectivity index (χ3v) is 5.43. The van der Waals surface area contributed by atoms with Gasteiger partial charge in [0.2, 0.25) is 11.1 Å². The SMILES string of the molecule is Cc1ccc(CNC(=O)[C@H](C)Sc2nc3nc(C)c(C)c(C)n3n2)cc1. The molecule has 3 rings (SSSR count). The molecule has 0 aliphatic heterocycles. The molecule has 0 aliphatic rings. The second-order valence-electron chi connectivity index (χ2n) is 6.48. The van der Waals surface area contributed by atoms with Crippen molar-refractivity contribution in [1.82, 2.24) is 24.9 Å². The van der Waals surface area contributed by atoms with Crippen molar-refractivity contribution in [3.05, 3.63) is 52.3 Å². The molecule has 7 heteroatoms. The molecule has 1 amide bonds. The first-order valence-corrected chi connectivity index (χ1v) is 9.43. The van der Waals surface area contributed by atoms with Gasteiger partial charge in [-0.15, -0.1) is 5.10 Å². The molecule has 26 heavy (non-hydrogen) atoms. The van der Waals surface area contributed by atoms with Crippen molar-refractivity contribution in [3.63, 3.8) is 0 Å². The molecule has 1 N–H and O–H groups in total. The molecule has 1 aromatic carbocycles. The van der Waals surface area contributed by atoms with Gasteiger partial charge in [0.05, 0.1) is 5.25 Å². The van der Waals surface area contributed by atoms with E-state index in [1.165, 1.54) is 17.3 Å². The number of amides is 1. The van der Waals surface area contributed by atoms with E-state index < -0.39 is 0 Å². The van der Waals surface area contributed by atoms with Crippen LogP contribution in [0.5, 0.6) is 0 Å². The smallest absolute Gasteiger partial charge is 0.253 e. The number of aromatic nitrogens is 4. The predicted molar refractivity (Wildman–Crippen MR) is 103 cm³/mol. The van der Waals surface area contributed by atoms with Gasteiger partial charge in [-0.1, -0.05) is 41.6 Å². The number of benzene rings is 1. The van der Waals surface area contributed by atoms with E-state index in [0.717, 1.165) is 22.5 Å². The van der Waals surface area contributed by atoms with Gasteiger partial charge in [0.15, 0.2) is 0 Å². The van der Waals surface area contributed by atoms with Gasteiger partial charge in [0.1, 0.15) is 0 Å². The van der Waals surface area contributed by atoms with Crippen molar-refractivity contribution >= 4 is 23.4 Å². The number of nitrogens with zero attached hydrogens (tertiary/aromatic N) is 4. The van der Waals surface area contributed by atoms with Gasteiger partial charge in [-0.05, 0) is 45.7 Å². The zero-order valence-electron chi connectivity index (χ0n) is 15.7. The second kappa shape index (κ2) is 7.45. The summed E-state index contributed by atoms with van der Waals surface area (Å²) in [5, 5.41) is 7.72. The third kappa shape index (κ3) is 3.88. The van der Waals surface area contributed by atoms with Crippen LogP contribution in [0.1, 0.15) is 35.0 Å².